The predicted molar refractivity (Wildman–Crippen MR) is 111 cm³/mol. The number of nitrogens with zero attached hydrogens (tertiary/aromatic N) is 1. The van der Waals surface area contributed by atoms with Gasteiger partial charge in [0.25, 0.3) is 0 Å². The molecule has 2 aromatic rings. The van der Waals surface area contributed by atoms with Crippen LogP contribution in [0.25, 0.3) is 10.9 Å². The first kappa shape index (κ1) is 20.4. The lowest BCUT2D eigenvalue weighted by atomic mass is 9.83. The average Bonchev–Trinajstić information content (AvgIpc) is 3.30. The number of ether oxygens (including phenoxy) is 1. The lowest BCUT2D eigenvalue weighted by Crippen LogP contribution is -2.36. The van der Waals surface area contributed by atoms with Crippen molar-refractivity contribution in [3.8, 4) is 0 Å². The lowest BCUT2D eigenvalue weighted by molar-refractivity contribution is -0.0592. The monoisotopic (exact) mass is 420 g/mol. The van der Waals surface area contributed by atoms with Crippen molar-refractivity contribution in [2.24, 2.45) is 0 Å². The first-order valence-electron chi connectivity index (χ1n) is 9.98. The molecule has 158 valence electrons. The molecule has 8 heteroatoms. The molecule has 2 fully saturated rings. The molecule has 0 spiro atoms. The van der Waals surface area contributed by atoms with Crippen molar-refractivity contribution in [1.82, 2.24) is 9.29 Å². The van der Waals surface area contributed by atoms with Crippen molar-refractivity contribution in [2.75, 3.05) is 19.4 Å². The van der Waals surface area contributed by atoms with Gasteiger partial charge in [-0.15, -0.1) is 0 Å². The zero-order chi connectivity index (χ0) is 21.0. The number of carboxylic acids is 1. The number of fused-ring (bicyclic) bond motifs is 1. The standard InChI is InChI=1S/C21H28N2O5S/c1-20(2)12-15(6-9-28-20)14-4-5-17-16(10-14)11-18(19(24)25)23(17)21(7-8-21)13-22-29(3,26)27/h4-5,10-11,15,22H,6-9,12-13H2,1-3H3,(H,24,25). The summed E-state index contributed by atoms with van der Waals surface area (Å²) in [6.07, 6.45) is 4.48. The fourth-order valence-corrected chi connectivity index (χ4v) is 5.09. The minimum absolute atomic E-state index is 0.161. The number of nitrogens with one attached hydrogen (secondary N) is 1. The summed E-state index contributed by atoms with van der Waals surface area (Å²) in [5.41, 5.74) is 1.57. The van der Waals surface area contributed by atoms with Gasteiger partial charge in [0.1, 0.15) is 5.69 Å². The molecule has 7 nitrogen and oxygen atoms in total. The van der Waals surface area contributed by atoms with E-state index in [1.54, 1.807) is 6.07 Å². The second-order valence-electron chi connectivity index (χ2n) is 9.10. The first-order chi connectivity index (χ1) is 13.5. The number of hydrogen-bond donors (Lipinski definition) is 2. The maximum Gasteiger partial charge on any atom is 0.352 e. The number of benzene rings is 1. The van der Waals surface area contributed by atoms with Crippen LogP contribution in [0.1, 0.15) is 61.5 Å². The second-order valence-corrected chi connectivity index (χ2v) is 10.9. The van der Waals surface area contributed by atoms with Gasteiger partial charge in [-0.2, -0.15) is 0 Å². The quantitative estimate of drug-likeness (QED) is 0.749. The number of hydrogen-bond acceptors (Lipinski definition) is 4. The zero-order valence-electron chi connectivity index (χ0n) is 17.1. The molecule has 1 saturated heterocycles. The van der Waals surface area contributed by atoms with Gasteiger partial charge in [-0.3, -0.25) is 0 Å². The van der Waals surface area contributed by atoms with Crippen LogP contribution in [0.15, 0.2) is 24.3 Å². The summed E-state index contributed by atoms with van der Waals surface area (Å²) in [5, 5.41) is 10.7. The highest BCUT2D eigenvalue weighted by molar-refractivity contribution is 7.88. The Morgan fingerprint density at radius 1 is 1.31 bits per heavy atom. The summed E-state index contributed by atoms with van der Waals surface area (Å²) in [5.74, 6) is -0.623. The van der Waals surface area contributed by atoms with E-state index in [1.165, 1.54) is 5.56 Å². The third-order valence-corrected chi connectivity index (χ3v) is 6.85. The molecule has 4 rings (SSSR count). The molecular weight excluding hydrogens is 392 g/mol. The fourth-order valence-electron chi connectivity index (χ4n) is 4.56. The number of sulfonamides is 1. The smallest absolute Gasteiger partial charge is 0.352 e. The minimum Gasteiger partial charge on any atom is -0.477 e. The Labute approximate surface area is 171 Å². The molecule has 1 atom stereocenters. The Hall–Kier alpha value is -1.90. The molecule has 0 radical (unpaired) electrons. The highest BCUT2D eigenvalue weighted by Crippen LogP contribution is 2.47. The van der Waals surface area contributed by atoms with Crippen LogP contribution in [-0.4, -0.2) is 49.1 Å². The lowest BCUT2D eigenvalue weighted by Gasteiger charge is -2.35. The second kappa shape index (κ2) is 6.82. The highest BCUT2D eigenvalue weighted by atomic mass is 32.2. The van der Waals surface area contributed by atoms with Crippen LogP contribution >= 0.6 is 0 Å². The molecule has 2 heterocycles. The Morgan fingerprint density at radius 2 is 2.03 bits per heavy atom. The van der Waals surface area contributed by atoms with Gasteiger partial charge in [0, 0.05) is 24.1 Å². The van der Waals surface area contributed by atoms with E-state index in [0.717, 1.165) is 49.4 Å². The van der Waals surface area contributed by atoms with E-state index in [1.807, 2.05) is 10.6 Å². The van der Waals surface area contributed by atoms with Crippen LogP contribution in [0, 0.1) is 0 Å². The molecular formula is C21H28N2O5S. The zero-order valence-corrected chi connectivity index (χ0v) is 17.9. The van der Waals surface area contributed by atoms with Gasteiger partial charge < -0.3 is 14.4 Å². The van der Waals surface area contributed by atoms with Gasteiger partial charge in [0.05, 0.1) is 17.4 Å². The molecule has 29 heavy (non-hydrogen) atoms. The molecule has 1 aliphatic heterocycles. The van der Waals surface area contributed by atoms with Crippen LogP contribution in [0.4, 0.5) is 0 Å². The van der Waals surface area contributed by atoms with Crippen LogP contribution in [-0.2, 0) is 20.3 Å². The normalized spacial score (nSPS) is 23.2. The molecule has 1 unspecified atom stereocenters. The molecule has 2 aliphatic rings. The van der Waals surface area contributed by atoms with Crippen molar-refractivity contribution >= 4 is 26.9 Å². The van der Waals surface area contributed by atoms with Crippen molar-refractivity contribution < 1.29 is 23.1 Å². The Balaban J connectivity index is 1.74. The average molecular weight is 421 g/mol. The summed E-state index contributed by atoms with van der Waals surface area (Å²) in [6, 6.07) is 7.87. The molecule has 1 aromatic heterocycles. The molecule has 1 saturated carbocycles. The van der Waals surface area contributed by atoms with E-state index >= 15 is 0 Å². The van der Waals surface area contributed by atoms with Crippen LogP contribution in [0.5, 0.6) is 0 Å². The number of carbonyl (C=O) groups is 1. The highest BCUT2D eigenvalue weighted by Gasteiger charge is 2.47. The van der Waals surface area contributed by atoms with Gasteiger partial charge in [-0.05, 0) is 69.2 Å². The van der Waals surface area contributed by atoms with Gasteiger partial charge in [0.2, 0.25) is 10.0 Å². The van der Waals surface area contributed by atoms with Gasteiger partial charge >= 0.3 is 5.97 Å². The minimum atomic E-state index is -3.35. The van der Waals surface area contributed by atoms with Gasteiger partial charge in [-0.25, -0.2) is 17.9 Å². The maximum absolute atomic E-state index is 12.0. The van der Waals surface area contributed by atoms with Gasteiger partial charge in [-0.1, -0.05) is 6.07 Å². The summed E-state index contributed by atoms with van der Waals surface area (Å²) in [7, 11) is -3.35. The molecule has 1 aliphatic carbocycles. The Morgan fingerprint density at radius 3 is 2.62 bits per heavy atom. The van der Waals surface area contributed by atoms with E-state index < -0.39 is 21.5 Å². The van der Waals surface area contributed by atoms with E-state index in [4.69, 9.17) is 4.74 Å². The van der Waals surface area contributed by atoms with E-state index in [-0.39, 0.29) is 17.8 Å². The van der Waals surface area contributed by atoms with Crippen LogP contribution in [0.3, 0.4) is 0 Å². The van der Waals surface area contributed by atoms with Crippen molar-refractivity contribution in [2.45, 2.75) is 56.6 Å². The van der Waals surface area contributed by atoms with Crippen LogP contribution < -0.4 is 4.72 Å². The first-order valence-corrected chi connectivity index (χ1v) is 11.9. The Kier molecular flexibility index (Phi) is 4.79. The fraction of sp³-hybridized carbons (Fsp3) is 0.571. The Bertz CT molecular complexity index is 1070. The number of aromatic carboxylic acids is 1. The molecule has 0 amide bonds. The van der Waals surface area contributed by atoms with Crippen molar-refractivity contribution in [3.05, 3.63) is 35.5 Å². The third-order valence-electron chi connectivity index (χ3n) is 6.18. The third kappa shape index (κ3) is 4.06. The predicted octanol–water partition coefficient (Wildman–Crippen LogP) is 3.05. The SMILES string of the molecule is CC1(C)CC(c2ccc3c(c2)cc(C(=O)O)n3C2(CNS(C)(=O)=O)CC2)CCO1. The topological polar surface area (TPSA) is 97.6 Å². The van der Waals surface area contributed by atoms with Crippen molar-refractivity contribution in [3.63, 3.8) is 0 Å². The molecule has 1 aromatic carbocycles. The summed E-state index contributed by atoms with van der Waals surface area (Å²) in [6.45, 7) is 5.12. The maximum atomic E-state index is 12.0. The molecule has 0 bridgehead atoms. The van der Waals surface area contributed by atoms with E-state index in [0.29, 0.717) is 5.92 Å². The largest absolute Gasteiger partial charge is 0.477 e. The summed E-state index contributed by atoms with van der Waals surface area (Å²) in [4.78, 5) is 12.0. The van der Waals surface area contributed by atoms with E-state index in [9.17, 15) is 18.3 Å². The number of aromatic nitrogens is 1. The number of carboxylic acid groups (broad SMARTS) is 1. The van der Waals surface area contributed by atoms with Crippen LogP contribution in [0.2, 0.25) is 0 Å². The van der Waals surface area contributed by atoms with Crippen molar-refractivity contribution in [1.29, 1.82) is 0 Å². The summed E-state index contributed by atoms with van der Waals surface area (Å²) >= 11 is 0. The summed E-state index contributed by atoms with van der Waals surface area (Å²) < 4.78 is 33.4. The van der Waals surface area contributed by atoms with Gasteiger partial charge in [0.15, 0.2) is 0 Å². The van der Waals surface area contributed by atoms with E-state index in [2.05, 4.69) is 30.7 Å². The molecule has 2 N–H and O–H groups in total. The number of rotatable bonds is 6.